The molecule has 2 aromatic rings. The van der Waals surface area contributed by atoms with Gasteiger partial charge in [0.1, 0.15) is 36.7 Å². The number of β-lactam (4-membered cyclic amide) rings is 2. The van der Waals surface area contributed by atoms with Crippen LogP contribution in [0.15, 0.2) is 15.9 Å². The van der Waals surface area contributed by atoms with Gasteiger partial charge in [-0.25, -0.2) is 43.7 Å². The third-order valence-corrected chi connectivity index (χ3v) is 13.8. The number of hydrogen-bond donors (Lipinski definition) is 9. The van der Waals surface area contributed by atoms with Crippen LogP contribution in [0.5, 0.6) is 0 Å². The van der Waals surface area contributed by atoms with E-state index in [9.17, 15) is 74.2 Å². The predicted molar refractivity (Wildman–Crippen MR) is 224 cm³/mol. The molecule has 0 radical (unpaired) electrons. The molecule has 4 aliphatic heterocycles. The molecule has 6 fully saturated rings. The maximum absolute atomic E-state index is 13.0. The van der Waals surface area contributed by atoms with E-state index >= 15 is 0 Å². The van der Waals surface area contributed by atoms with Crippen molar-refractivity contribution in [3.8, 4) is 0 Å². The molecular formula is C32H38N12O21S4. The van der Waals surface area contributed by atoms with Gasteiger partial charge in [0.2, 0.25) is 5.60 Å². The van der Waals surface area contributed by atoms with Crippen LogP contribution in [-0.2, 0) is 68.5 Å². The number of Topliss-reactive ketones (excluding diaryl/α,β-unsaturated/α-hetero) is 1. The van der Waals surface area contributed by atoms with Crippen LogP contribution in [0.4, 0.5) is 19.9 Å². The van der Waals surface area contributed by atoms with Crippen molar-refractivity contribution in [3.05, 3.63) is 22.1 Å². The van der Waals surface area contributed by atoms with E-state index in [0.717, 1.165) is 32.5 Å². The van der Waals surface area contributed by atoms with Gasteiger partial charge in [0.05, 0.1) is 25.2 Å². The summed E-state index contributed by atoms with van der Waals surface area (Å²) in [6.45, 7) is -0.309. The number of nitrogens with one attached hydrogen (secondary N) is 2. The predicted octanol–water partition coefficient (Wildman–Crippen LogP) is -4.63. The molecule has 6 aliphatic rings. The van der Waals surface area contributed by atoms with Gasteiger partial charge in [-0.1, -0.05) is 5.16 Å². The summed E-state index contributed by atoms with van der Waals surface area (Å²) < 4.78 is 74.5. The molecule has 37 heteroatoms. The number of ketones is 1. The number of rotatable bonds is 17. The summed E-state index contributed by atoms with van der Waals surface area (Å²) in [5, 5.41) is 28.3. The number of anilines is 2. The highest BCUT2D eigenvalue weighted by Crippen LogP contribution is 2.40. The van der Waals surface area contributed by atoms with Crippen LogP contribution in [-0.4, -0.2) is 199 Å². The number of carbonyl (C=O) groups excluding carboxylic acids is 7. The second-order valence-corrected chi connectivity index (χ2v) is 19.5. The van der Waals surface area contributed by atoms with E-state index in [-0.39, 0.29) is 82.5 Å². The molecule has 0 aromatic carbocycles. The van der Waals surface area contributed by atoms with Crippen LogP contribution in [0.3, 0.4) is 0 Å². The molecule has 2 aliphatic carbocycles. The Balaban J connectivity index is 0.000000199. The van der Waals surface area contributed by atoms with Crippen LogP contribution in [0.2, 0.25) is 0 Å². The zero-order chi connectivity index (χ0) is 51.0. The SMILES string of the molecule is NOC1(C(=O)O)CC1.Nc1nc(/C(=N/OC2(C(=O)O)CC2)C(=O)N[C@@H]2C(=O)N(S(=O)(=O)O)[C@@H]2CN2CCOC2=O)cs1.Nc1nc(C(=O)C(=O)N[C@@H]2C(=O)N(S(=O)(=O)O)[C@@H]2CN2CCOC2=O)cs1. The first-order valence-electron chi connectivity index (χ1n) is 19.4. The molecule has 376 valence electrons. The third kappa shape index (κ3) is 11.2. The van der Waals surface area contributed by atoms with Crippen molar-refractivity contribution in [3.63, 3.8) is 0 Å². The summed E-state index contributed by atoms with van der Waals surface area (Å²) in [4.78, 5) is 125. The van der Waals surface area contributed by atoms with Crippen LogP contribution >= 0.6 is 22.7 Å². The number of carboxylic acids is 2. The van der Waals surface area contributed by atoms with Crippen LogP contribution in [0.1, 0.15) is 41.9 Å². The number of aromatic nitrogens is 2. The lowest BCUT2D eigenvalue weighted by Crippen LogP contribution is -2.74. The molecule has 4 saturated heterocycles. The zero-order valence-corrected chi connectivity index (χ0v) is 38.0. The quantitative estimate of drug-likeness (QED) is 0.0180. The molecule has 12 N–H and O–H groups in total. The van der Waals surface area contributed by atoms with Gasteiger partial charge in [0.25, 0.3) is 29.4 Å². The minimum Gasteiger partial charge on any atom is -0.479 e. The van der Waals surface area contributed by atoms with Crippen LogP contribution < -0.4 is 28.0 Å². The molecule has 2 saturated carbocycles. The van der Waals surface area contributed by atoms with Gasteiger partial charge in [-0.15, -0.1) is 22.7 Å². The number of thiazole rings is 2. The van der Waals surface area contributed by atoms with Crippen molar-refractivity contribution in [1.29, 1.82) is 0 Å². The van der Waals surface area contributed by atoms with Gasteiger partial charge in [-0.05, 0) is 12.8 Å². The first-order valence-corrected chi connectivity index (χ1v) is 23.9. The smallest absolute Gasteiger partial charge is 0.410 e. The highest BCUT2D eigenvalue weighted by molar-refractivity contribution is 7.84. The third-order valence-electron chi connectivity index (χ3n) is 10.6. The Kier molecular flexibility index (Phi) is 14.6. The molecule has 6 amide bonds. The summed E-state index contributed by atoms with van der Waals surface area (Å²) in [6.07, 6.45) is -0.0746. The summed E-state index contributed by atoms with van der Waals surface area (Å²) in [5.74, 6) is -3.17. The minimum atomic E-state index is -4.99. The van der Waals surface area contributed by atoms with Crippen molar-refractivity contribution >= 4 is 113 Å². The van der Waals surface area contributed by atoms with Crippen molar-refractivity contribution < 1.29 is 98.5 Å². The van der Waals surface area contributed by atoms with Crippen molar-refractivity contribution in [1.82, 2.24) is 39.0 Å². The summed E-state index contributed by atoms with van der Waals surface area (Å²) in [6, 6.07) is -5.55. The van der Waals surface area contributed by atoms with E-state index in [1.54, 1.807) is 0 Å². The number of oxime groups is 1. The zero-order valence-electron chi connectivity index (χ0n) is 34.8. The lowest BCUT2D eigenvalue weighted by atomic mass is 9.97. The molecule has 33 nitrogen and oxygen atoms in total. The standard InChI is InChI=1S/C16H18N6O10S2.C12H13N5O8S2.C4H7NO3/c17-14-18-7(6-33-14)9(20-32-16(1-2-16)13(25)26)11(23)19-10-8(5-21-3-4-31-15(21)27)22(12(10)24)34(28,29)30;13-11-14-5(4-26-11)8(18)9(19)15-7-6(3-16-1-2-25-12(16)21)17(10(7)20)27(22,23)24;5-8-4(1-2-4)3(6)7/h6,8,10H,1-5H2,(H2,17,18)(H,19,23)(H,25,26)(H,28,29,30);4,6-7H,1-3H2,(H2,13,14)(H,15,19)(H,22,23,24);1-2,5H2,(H,6,7)/b20-9-;;/t8-,10+;6-,7+;/m11./s1. The highest BCUT2D eigenvalue weighted by Gasteiger charge is 2.58. The van der Waals surface area contributed by atoms with Crippen LogP contribution in [0, 0.1) is 0 Å². The second kappa shape index (κ2) is 19.6. The average molecular weight is 1050 g/mol. The van der Waals surface area contributed by atoms with E-state index in [2.05, 4.69) is 36.5 Å². The number of carbonyl (C=O) groups is 9. The van der Waals surface area contributed by atoms with Gasteiger partial charge in [0.15, 0.2) is 21.6 Å². The molecule has 6 heterocycles. The number of ether oxygens (including phenoxy) is 2. The molecule has 8 rings (SSSR count). The van der Waals surface area contributed by atoms with Gasteiger partial charge < -0.3 is 56.4 Å². The number of nitrogen functional groups attached to an aromatic ring is 2. The fourth-order valence-electron chi connectivity index (χ4n) is 6.53. The first kappa shape index (κ1) is 51.5. The normalized spacial score (nSPS) is 23.1. The molecule has 2 aromatic heterocycles. The Hall–Kier alpha value is -6.90. The highest BCUT2D eigenvalue weighted by atomic mass is 32.2. The Morgan fingerprint density at radius 3 is 1.48 bits per heavy atom. The largest absolute Gasteiger partial charge is 0.479 e. The van der Waals surface area contributed by atoms with Crippen molar-refractivity contribution in [2.75, 3.05) is 50.9 Å². The van der Waals surface area contributed by atoms with Crippen LogP contribution in [0.25, 0.3) is 0 Å². The maximum Gasteiger partial charge on any atom is 0.410 e. The molecule has 0 spiro atoms. The van der Waals surface area contributed by atoms with E-state index < -0.39 is 115 Å². The average Bonchev–Trinajstić information content (AvgIpc) is 4.02. The number of amides is 6. The van der Waals surface area contributed by atoms with Gasteiger partial charge >= 0.3 is 44.7 Å². The summed E-state index contributed by atoms with van der Waals surface area (Å²) in [7, 11) is -9.91. The van der Waals surface area contributed by atoms with E-state index in [4.69, 9.17) is 30.9 Å². The number of nitrogens with zero attached hydrogens (tertiary/aromatic N) is 7. The maximum atomic E-state index is 13.0. The number of cyclic esters (lactones) is 2. The Morgan fingerprint density at radius 2 is 1.16 bits per heavy atom. The fourth-order valence-corrected chi connectivity index (χ4v) is 9.36. The first-order chi connectivity index (χ1) is 32.2. The number of nitrogens with two attached hydrogens (primary N) is 3. The van der Waals surface area contributed by atoms with Gasteiger partial charge in [-0.3, -0.25) is 37.9 Å². The molecular weight excluding hydrogens is 1020 g/mol. The van der Waals surface area contributed by atoms with E-state index in [1.165, 1.54) is 10.8 Å². The van der Waals surface area contributed by atoms with Gasteiger partial charge in [-0.2, -0.15) is 16.8 Å². The topological polar surface area (TPSA) is 493 Å². The molecule has 69 heavy (non-hydrogen) atoms. The van der Waals surface area contributed by atoms with Crippen molar-refractivity contribution in [2.45, 2.75) is 61.1 Å². The molecule has 0 bridgehead atoms. The number of carboxylic acid groups (broad SMARTS) is 2. The second-order valence-electron chi connectivity index (χ2n) is 15.1. The lowest BCUT2D eigenvalue weighted by molar-refractivity contribution is -0.154. The van der Waals surface area contributed by atoms with Gasteiger partial charge in [0, 0.05) is 36.7 Å². The summed E-state index contributed by atoms with van der Waals surface area (Å²) >= 11 is 1.89. The fraction of sp³-hybridized carbons (Fsp3) is 0.500. The minimum absolute atomic E-state index is 0.0487. The number of aliphatic carboxylic acids is 2. The Bertz CT molecular complexity index is 2720. The van der Waals surface area contributed by atoms with E-state index in [1.807, 2.05) is 0 Å². The number of hydrogen-bond acceptors (Lipinski definition) is 25. The van der Waals surface area contributed by atoms with Crippen molar-refractivity contribution in [2.24, 2.45) is 11.1 Å². The Morgan fingerprint density at radius 1 is 0.739 bits per heavy atom. The lowest BCUT2D eigenvalue weighted by Gasteiger charge is -2.45. The Labute approximate surface area is 394 Å². The summed E-state index contributed by atoms with van der Waals surface area (Å²) in [5.41, 5.74) is 7.58. The molecule has 0 unspecified atom stereocenters. The monoisotopic (exact) mass is 1050 g/mol. The van der Waals surface area contributed by atoms with E-state index in [0.29, 0.717) is 12.8 Å². The molecule has 4 atom stereocenters.